The van der Waals surface area contributed by atoms with Crippen LogP contribution in [-0.2, 0) is 0 Å². The standard InChI is InChI=1S/C13H11ClN2O/c1-3-17-13-10(7-15)6-9-4-5-11(14)8(2)12(9)16-13/h4-6H,3H2,1-2H3. The summed E-state index contributed by atoms with van der Waals surface area (Å²) in [6.07, 6.45) is 0. The second-order valence-electron chi connectivity index (χ2n) is 3.63. The van der Waals surface area contributed by atoms with Gasteiger partial charge in [0.1, 0.15) is 11.6 Å². The van der Waals surface area contributed by atoms with E-state index in [4.69, 9.17) is 21.6 Å². The van der Waals surface area contributed by atoms with Crippen molar-refractivity contribution in [3.8, 4) is 11.9 Å². The third-order valence-corrected chi connectivity index (χ3v) is 2.95. The Morgan fingerprint density at radius 1 is 1.47 bits per heavy atom. The average Bonchev–Trinajstić information content (AvgIpc) is 2.34. The Labute approximate surface area is 105 Å². The number of hydrogen-bond donors (Lipinski definition) is 0. The van der Waals surface area contributed by atoms with Crippen molar-refractivity contribution in [2.24, 2.45) is 0 Å². The summed E-state index contributed by atoms with van der Waals surface area (Å²) in [4.78, 5) is 4.37. The zero-order chi connectivity index (χ0) is 12.4. The lowest BCUT2D eigenvalue weighted by molar-refractivity contribution is 0.327. The second kappa shape index (κ2) is 4.60. The molecule has 0 saturated heterocycles. The van der Waals surface area contributed by atoms with E-state index in [0.29, 0.717) is 23.1 Å². The van der Waals surface area contributed by atoms with Gasteiger partial charge in [-0.2, -0.15) is 5.26 Å². The van der Waals surface area contributed by atoms with Crippen molar-refractivity contribution in [2.45, 2.75) is 13.8 Å². The third kappa shape index (κ3) is 2.04. The zero-order valence-electron chi connectivity index (χ0n) is 9.62. The predicted molar refractivity (Wildman–Crippen MR) is 67.4 cm³/mol. The maximum Gasteiger partial charge on any atom is 0.232 e. The molecule has 2 aromatic rings. The van der Waals surface area contributed by atoms with Crippen molar-refractivity contribution in [2.75, 3.05) is 6.61 Å². The molecule has 0 fully saturated rings. The Hall–Kier alpha value is -1.79. The number of benzene rings is 1. The average molecular weight is 247 g/mol. The number of aromatic nitrogens is 1. The van der Waals surface area contributed by atoms with E-state index in [0.717, 1.165) is 16.5 Å². The molecule has 0 radical (unpaired) electrons. The summed E-state index contributed by atoms with van der Waals surface area (Å²) in [6.45, 7) is 4.24. The van der Waals surface area contributed by atoms with Crippen molar-refractivity contribution in [1.29, 1.82) is 5.26 Å². The molecular weight excluding hydrogens is 236 g/mol. The number of nitriles is 1. The molecular formula is C13H11ClN2O. The number of rotatable bonds is 2. The van der Waals surface area contributed by atoms with Gasteiger partial charge < -0.3 is 4.74 Å². The number of hydrogen-bond acceptors (Lipinski definition) is 3. The number of pyridine rings is 1. The van der Waals surface area contributed by atoms with Crippen molar-refractivity contribution >= 4 is 22.5 Å². The molecule has 0 bridgehead atoms. The molecule has 0 aliphatic rings. The lowest BCUT2D eigenvalue weighted by Crippen LogP contribution is -1.98. The van der Waals surface area contributed by atoms with Gasteiger partial charge in [0.25, 0.3) is 0 Å². The van der Waals surface area contributed by atoms with Gasteiger partial charge in [-0.1, -0.05) is 17.7 Å². The van der Waals surface area contributed by atoms with Gasteiger partial charge in [-0.15, -0.1) is 0 Å². The van der Waals surface area contributed by atoms with Gasteiger partial charge in [-0.25, -0.2) is 4.98 Å². The Morgan fingerprint density at radius 3 is 2.88 bits per heavy atom. The van der Waals surface area contributed by atoms with E-state index in [2.05, 4.69) is 11.1 Å². The van der Waals surface area contributed by atoms with Crippen LogP contribution >= 0.6 is 11.6 Å². The first-order valence-electron chi connectivity index (χ1n) is 5.30. The molecule has 0 atom stereocenters. The van der Waals surface area contributed by atoms with Crippen molar-refractivity contribution in [1.82, 2.24) is 4.98 Å². The lowest BCUT2D eigenvalue weighted by Gasteiger charge is -2.08. The summed E-state index contributed by atoms with van der Waals surface area (Å²) in [5.74, 6) is 0.368. The van der Waals surface area contributed by atoms with Crippen molar-refractivity contribution in [3.63, 3.8) is 0 Å². The number of aryl methyl sites for hydroxylation is 1. The minimum atomic E-state index is 0.368. The fourth-order valence-electron chi connectivity index (χ4n) is 1.67. The first kappa shape index (κ1) is 11.7. The summed E-state index contributed by atoms with van der Waals surface area (Å²) < 4.78 is 5.35. The van der Waals surface area contributed by atoms with E-state index < -0.39 is 0 Å². The fourth-order valence-corrected chi connectivity index (χ4v) is 1.82. The van der Waals surface area contributed by atoms with Crippen LogP contribution in [0.15, 0.2) is 18.2 Å². The molecule has 0 saturated carbocycles. The summed E-state index contributed by atoms with van der Waals surface area (Å²) in [5.41, 5.74) is 2.12. The maximum atomic E-state index is 9.03. The second-order valence-corrected chi connectivity index (χ2v) is 4.04. The summed E-state index contributed by atoms with van der Waals surface area (Å²) in [5, 5.41) is 10.6. The topological polar surface area (TPSA) is 45.9 Å². The zero-order valence-corrected chi connectivity index (χ0v) is 10.4. The van der Waals surface area contributed by atoms with Gasteiger partial charge >= 0.3 is 0 Å². The third-order valence-electron chi connectivity index (χ3n) is 2.54. The van der Waals surface area contributed by atoms with Crippen LogP contribution in [0.2, 0.25) is 5.02 Å². The number of fused-ring (bicyclic) bond motifs is 1. The van der Waals surface area contributed by atoms with Crippen LogP contribution in [0.4, 0.5) is 0 Å². The molecule has 0 aliphatic carbocycles. The van der Waals surface area contributed by atoms with Gasteiger partial charge in [0.15, 0.2) is 0 Å². The highest BCUT2D eigenvalue weighted by atomic mass is 35.5. The van der Waals surface area contributed by atoms with Crippen molar-refractivity contribution < 1.29 is 4.74 Å². The van der Waals surface area contributed by atoms with Crippen LogP contribution in [0, 0.1) is 18.3 Å². The van der Waals surface area contributed by atoms with Crippen molar-refractivity contribution in [3.05, 3.63) is 34.3 Å². The van der Waals surface area contributed by atoms with Gasteiger partial charge in [0, 0.05) is 10.4 Å². The van der Waals surface area contributed by atoms with Gasteiger partial charge in [0.05, 0.1) is 12.1 Å². The quantitative estimate of drug-likeness (QED) is 0.815. The molecule has 4 heteroatoms. The number of nitrogens with zero attached hydrogens (tertiary/aromatic N) is 2. The Bertz CT molecular complexity index is 617. The minimum Gasteiger partial charge on any atom is -0.477 e. The molecule has 1 aromatic heterocycles. The molecule has 17 heavy (non-hydrogen) atoms. The number of ether oxygens (including phenoxy) is 1. The van der Waals surface area contributed by atoms with Crippen LogP contribution in [-0.4, -0.2) is 11.6 Å². The minimum absolute atomic E-state index is 0.368. The molecule has 3 nitrogen and oxygen atoms in total. The SMILES string of the molecule is CCOc1nc2c(C)c(Cl)ccc2cc1C#N. The van der Waals surface area contributed by atoms with E-state index in [1.165, 1.54) is 0 Å². The molecule has 0 aliphatic heterocycles. The number of halogens is 1. The van der Waals surface area contributed by atoms with Crippen LogP contribution in [0.1, 0.15) is 18.1 Å². The molecule has 0 unspecified atom stereocenters. The normalized spacial score (nSPS) is 10.2. The van der Waals surface area contributed by atoms with Gasteiger partial charge in [-0.05, 0) is 31.5 Å². The Kier molecular flexibility index (Phi) is 3.16. The van der Waals surface area contributed by atoms with Crippen LogP contribution < -0.4 is 4.74 Å². The van der Waals surface area contributed by atoms with Gasteiger partial charge in [-0.3, -0.25) is 0 Å². The van der Waals surface area contributed by atoms with E-state index in [9.17, 15) is 0 Å². The van der Waals surface area contributed by atoms with Crippen LogP contribution in [0.25, 0.3) is 10.9 Å². The summed E-state index contributed by atoms with van der Waals surface area (Å²) >= 11 is 6.04. The smallest absolute Gasteiger partial charge is 0.232 e. The first-order valence-corrected chi connectivity index (χ1v) is 5.68. The lowest BCUT2D eigenvalue weighted by atomic mass is 10.1. The van der Waals surface area contributed by atoms with E-state index in [-0.39, 0.29) is 0 Å². The van der Waals surface area contributed by atoms with E-state index >= 15 is 0 Å². The van der Waals surface area contributed by atoms with Crippen LogP contribution in [0.5, 0.6) is 5.88 Å². The highest BCUT2D eigenvalue weighted by Crippen LogP contribution is 2.28. The van der Waals surface area contributed by atoms with E-state index in [1.54, 1.807) is 6.07 Å². The molecule has 1 heterocycles. The Morgan fingerprint density at radius 2 is 2.24 bits per heavy atom. The highest BCUT2D eigenvalue weighted by Gasteiger charge is 2.10. The predicted octanol–water partition coefficient (Wildman–Crippen LogP) is 3.47. The van der Waals surface area contributed by atoms with E-state index in [1.807, 2.05) is 26.0 Å². The molecule has 0 spiro atoms. The monoisotopic (exact) mass is 246 g/mol. The maximum absolute atomic E-state index is 9.03. The molecule has 2 rings (SSSR count). The highest BCUT2D eigenvalue weighted by molar-refractivity contribution is 6.32. The Balaban J connectivity index is 2.75. The van der Waals surface area contributed by atoms with Crippen LogP contribution in [0.3, 0.4) is 0 Å². The fraction of sp³-hybridized carbons (Fsp3) is 0.231. The largest absolute Gasteiger partial charge is 0.477 e. The summed E-state index contributed by atoms with van der Waals surface area (Å²) in [7, 11) is 0. The molecule has 0 amide bonds. The summed E-state index contributed by atoms with van der Waals surface area (Å²) in [6, 6.07) is 7.52. The molecule has 0 N–H and O–H groups in total. The molecule has 86 valence electrons. The first-order chi connectivity index (χ1) is 8.17. The molecule has 1 aromatic carbocycles. The van der Waals surface area contributed by atoms with Gasteiger partial charge in [0.2, 0.25) is 5.88 Å².